The van der Waals surface area contributed by atoms with Crippen LogP contribution in [0.4, 0.5) is 0 Å². The van der Waals surface area contributed by atoms with Gasteiger partial charge in [-0.3, -0.25) is 4.98 Å². The molecule has 0 bridgehead atoms. The number of aromatic nitrogens is 1. The van der Waals surface area contributed by atoms with Crippen LogP contribution in [0.3, 0.4) is 0 Å². The molecule has 1 aliphatic rings. The van der Waals surface area contributed by atoms with Crippen LogP contribution in [0, 0.1) is 11.8 Å². The van der Waals surface area contributed by atoms with Crippen molar-refractivity contribution in [1.82, 2.24) is 9.88 Å². The van der Waals surface area contributed by atoms with E-state index in [1.807, 2.05) is 12.4 Å². The van der Waals surface area contributed by atoms with Gasteiger partial charge in [0.2, 0.25) is 0 Å². The first-order chi connectivity index (χ1) is 8.09. The van der Waals surface area contributed by atoms with Crippen molar-refractivity contribution in [2.24, 2.45) is 11.8 Å². The standard InChI is InChI=1S/C15H24N2/c1-11(2)14-9-17(12(3)4)10-15(14)13-6-5-7-16-8-13/h5-8,11-12,14-15H,9-10H2,1-4H3. The van der Waals surface area contributed by atoms with E-state index >= 15 is 0 Å². The van der Waals surface area contributed by atoms with Gasteiger partial charge in [0.15, 0.2) is 0 Å². The van der Waals surface area contributed by atoms with Crippen LogP contribution in [-0.4, -0.2) is 29.0 Å². The zero-order chi connectivity index (χ0) is 12.4. The SMILES string of the molecule is CC(C)C1CN(C(C)C)CC1c1cccnc1. The lowest BCUT2D eigenvalue weighted by molar-refractivity contribution is 0.253. The van der Waals surface area contributed by atoms with Crippen molar-refractivity contribution in [3.05, 3.63) is 30.1 Å². The molecule has 0 amide bonds. The Bertz CT molecular complexity index is 345. The number of hydrogen-bond acceptors (Lipinski definition) is 2. The van der Waals surface area contributed by atoms with Gasteiger partial charge >= 0.3 is 0 Å². The first kappa shape index (κ1) is 12.6. The fourth-order valence-corrected chi connectivity index (χ4v) is 2.91. The van der Waals surface area contributed by atoms with Gasteiger partial charge in [-0.1, -0.05) is 19.9 Å². The Morgan fingerprint density at radius 2 is 2.00 bits per heavy atom. The van der Waals surface area contributed by atoms with Crippen molar-refractivity contribution in [3.63, 3.8) is 0 Å². The summed E-state index contributed by atoms with van der Waals surface area (Å²) in [5.41, 5.74) is 1.41. The summed E-state index contributed by atoms with van der Waals surface area (Å²) >= 11 is 0. The highest BCUT2D eigenvalue weighted by Gasteiger charge is 2.36. The predicted molar refractivity (Wildman–Crippen MR) is 72.0 cm³/mol. The third-order valence-corrected chi connectivity index (χ3v) is 4.09. The monoisotopic (exact) mass is 232 g/mol. The Kier molecular flexibility index (Phi) is 3.82. The summed E-state index contributed by atoms with van der Waals surface area (Å²) in [6.45, 7) is 11.7. The van der Waals surface area contributed by atoms with Crippen LogP contribution >= 0.6 is 0 Å². The smallest absolute Gasteiger partial charge is 0.0303 e. The lowest BCUT2D eigenvalue weighted by Crippen LogP contribution is -2.28. The largest absolute Gasteiger partial charge is 0.300 e. The van der Waals surface area contributed by atoms with Crippen LogP contribution in [-0.2, 0) is 0 Å². The lowest BCUT2D eigenvalue weighted by atomic mass is 9.82. The number of likely N-dealkylation sites (tertiary alicyclic amines) is 1. The molecular weight excluding hydrogens is 208 g/mol. The number of hydrogen-bond donors (Lipinski definition) is 0. The number of nitrogens with zero attached hydrogens (tertiary/aromatic N) is 2. The molecule has 94 valence electrons. The summed E-state index contributed by atoms with van der Waals surface area (Å²) in [7, 11) is 0. The molecule has 2 rings (SSSR count). The van der Waals surface area contributed by atoms with Gasteiger partial charge in [-0.25, -0.2) is 0 Å². The van der Waals surface area contributed by atoms with E-state index in [4.69, 9.17) is 0 Å². The van der Waals surface area contributed by atoms with E-state index in [1.165, 1.54) is 18.7 Å². The summed E-state index contributed by atoms with van der Waals surface area (Å²) in [5.74, 6) is 2.16. The first-order valence-electron chi connectivity index (χ1n) is 6.73. The molecule has 1 fully saturated rings. The summed E-state index contributed by atoms with van der Waals surface area (Å²) in [6.07, 6.45) is 3.91. The first-order valence-corrected chi connectivity index (χ1v) is 6.73. The minimum atomic E-state index is 0.651. The fourth-order valence-electron chi connectivity index (χ4n) is 2.91. The highest BCUT2D eigenvalue weighted by atomic mass is 15.2. The van der Waals surface area contributed by atoms with Gasteiger partial charge in [0.1, 0.15) is 0 Å². The molecule has 2 nitrogen and oxygen atoms in total. The molecule has 0 spiro atoms. The van der Waals surface area contributed by atoms with E-state index in [-0.39, 0.29) is 0 Å². The van der Waals surface area contributed by atoms with Gasteiger partial charge < -0.3 is 4.90 Å². The Hall–Kier alpha value is -0.890. The Morgan fingerprint density at radius 1 is 1.24 bits per heavy atom. The maximum atomic E-state index is 4.27. The molecule has 2 unspecified atom stereocenters. The van der Waals surface area contributed by atoms with E-state index in [0.29, 0.717) is 12.0 Å². The van der Waals surface area contributed by atoms with E-state index in [1.54, 1.807) is 0 Å². The molecule has 17 heavy (non-hydrogen) atoms. The van der Waals surface area contributed by atoms with Gasteiger partial charge in [-0.05, 0) is 37.3 Å². The van der Waals surface area contributed by atoms with Crippen LogP contribution in [0.5, 0.6) is 0 Å². The maximum absolute atomic E-state index is 4.27. The van der Waals surface area contributed by atoms with Gasteiger partial charge in [0.25, 0.3) is 0 Å². The van der Waals surface area contributed by atoms with Crippen molar-refractivity contribution >= 4 is 0 Å². The third kappa shape index (κ3) is 2.68. The minimum absolute atomic E-state index is 0.651. The van der Waals surface area contributed by atoms with Crippen LogP contribution in [0.1, 0.15) is 39.2 Å². The minimum Gasteiger partial charge on any atom is -0.300 e. The Morgan fingerprint density at radius 3 is 2.53 bits per heavy atom. The molecule has 1 aliphatic heterocycles. The third-order valence-electron chi connectivity index (χ3n) is 4.09. The van der Waals surface area contributed by atoms with Gasteiger partial charge in [0.05, 0.1) is 0 Å². The van der Waals surface area contributed by atoms with Crippen LogP contribution < -0.4 is 0 Å². The second kappa shape index (κ2) is 5.18. The van der Waals surface area contributed by atoms with E-state index in [9.17, 15) is 0 Å². The highest BCUT2D eigenvalue weighted by molar-refractivity contribution is 5.19. The van der Waals surface area contributed by atoms with Crippen molar-refractivity contribution in [3.8, 4) is 0 Å². The molecule has 1 saturated heterocycles. The molecule has 1 aromatic rings. The van der Waals surface area contributed by atoms with Crippen LogP contribution in [0.15, 0.2) is 24.5 Å². The zero-order valence-corrected chi connectivity index (χ0v) is 11.4. The fraction of sp³-hybridized carbons (Fsp3) is 0.667. The quantitative estimate of drug-likeness (QED) is 0.796. The van der Waals surface area contributed by atoms with Crippen molar-refractivity contribution in [1.29, 1.82) is 0 Å². The predicted octanol–water partition coefficient (Wildman–Crippen LogP) is 3.16. The zero-order valence-electron chi connectivity index (χ0n) is 11.4. The van der Waals surface area contributed by atoms with Crippen molar-refractivity contribution < 1.29 is 0 Å². The molecular formula is C15H24N2. The number of pyridine rings is 1. The molecule has 2 atom stereocenters. The van der Waals surface area contributed by atoms with Gasteiger partial charge in [-0.15, -0.1) is 0 Å². The molecule has 0 aromatic carbocycles. The van der Waals surface area contributed by atoms with Gasteiger partial charge in [-0.2, -0.15) is 0 Å². The average molecular weight is 232 g/mol. The summed E-state index contributed by atoms with van der Waals surface area (Å²) in [6, 6.07) is 4.94. The molecule has 0 N–H and O–H groups in total. The van der Waals surface area contributed by atoms with E-state index in [2.05, 4.69) is 49.7 Å². The molecule has 0 saturated carbocycles. The normalized spacial score (nSPS) is 26.0. The summed E-state index contributed by atoms with van der Waals surface area (Å²) in [5, 5.41) is 0. The molecule has 0 radical (unpaired) electrons. The molecule has 2 heterocycles. The van der Waals surface area contributed by atoms with Crippen LogP contribution in [0.25, 0.3) is 0 Å². The van der Waals surface area contributed by atoms with E-state index in [0.717, 1.165) is 11.8 Å². The summed E-state index contributed by atoms with van der Waals surface area (Å²) in [4.78, 5) is 6.87. The second-order valence-electron chi connectivity index (χ2n) is 5.85. The number of rotatable bonds is 3. The summed E-state index contributed by atoms with van der Waals surface area (Å²) < 4.78 is 0. The molecule has 0 aliphatic carbocycles. The maximum Gasteiger partial charge on any atom is 0.0303 e. The lowest BCUT2D eigenvalue weighted by Gasteiger charge is -2.22. The van der Waals surface area contributed by atoms with Crippen LogP contribution in [0.2, 0.25) is 0 Å². The second-order valence-corrected chi connectivity index (χ2v) is 5.85. The molecule has 1 aromatic heterocycles. The highest BCUT2D eigenvalue weighted by Crippen LogP contribution is 2.37. The van der Waals surface area contributed by atoms with Crippen molar-refractivity contribution in [2.45, 2.75) is 39.7 Å². The van der Waals surface area contributed by atoms with Crippen molar-refractivity contribution in [2.75, 3.05) is 13.1 Å². The molecule has 2 heteroatoms. The topological polar surface area (TPSA) is 16.1 Å². The Balaban J connectivity index is 2.20. The Labute approximate surface area is 105 Å². The van der Waals surface area contributed by atoms with E-state index < -0.39 is 0 Å². The average Bonchev–Trinajstić information content (AvgIpc) is 2.75. The van der Waals surface area contributed by atoms with Gasteiger partial charge in [0, 0.05) is 37.4 Å².